The first-order valence-electron chi connectivity index (χ1n) is 14.5. The monoisotopic (exact) mass is 613 g/mol. The van der Waals surface area contributed by atoms with E-state index in [2.05, 4.69) is 30.6 Å². The molecule has 45 heavy (non-hydrogen) atoms. The van der Waals surface area contributed by atoms with Crippen molar-refractivity contribution >= 4 is 29.2 Å². The Kier molecular flexibility index (Phi) is 8.80. The van der Waals surface area contributed by atoms with Crippen LogP contribution < -0.4 is 21.1 Å². The van der Waals surface area contributed by atoms with E-state index in [0.717, 1.165) is 35.8 Å². The number of hydrogen-bond donors (Lipinski definition) is 2. The molecule has 1 aliphatic rings. The summed E-state index contributed by atoms with van der Waals surface area (Å²) in [5.41, 5.74) is 1.38. The van der Waals surface area contributed by atoms with Crippen molar-refractivity contribution in [2.75, 3.05) is 31.4 Å². The molecule has 2 aromatic carbocycles. The van der Waals surface area contributed by atoms with Crippen LogP contribution in [0.25, 0.3) is 11.4 Å². The SMILES string of the molecule is COC(=O)Nc1cnc(-c2ccccc2)n(CC(=O)N[C@H](C(=O)c2nnc(C3(c4ccc(N(C)C)cc4)CC3)o2)C(C)C)c1=O. The Morgan fingerprint density at radius 3 is 2.33 bits per heavy atom. The number of hydrogen-bond acceptors (Lipinski definition) is 10. The molecule has 1 fully saturated rings. The zero-order valence-corrected chi connectivity index (χ0v) is 25.7. The van der Waals surface area contributed by atoms with Gasteiger partial charge in [-0.25, -0.2) is 9.78 Å². The smallest absolute Gasteiger partial charge is 0.411 e. The largest absolute Gasteiger partial charge is 0.453 e. The lowest BCUT2D eigenvalue weighted by Gasteiger charge is -2.21. The zero-order chi connectivity index (χ0) is 32.3. The van der Waals surface area contributed by atoms with Crippen LogP contribution in [0.2, 0.25) is 0 Å². The van der Waals surface area contributed by atoms with Gasteiger partial charge in [-0.3, -0.25) is 24.3 Å². The molecule has 0 saturated heterocycles. The van der Waals surface area contributed by atoms with E-state index in [4.69, 9.17) is 4.42 Å². The van der Waals surface area contributed by atoms with Gasteiger partial charge in [0.05, 0.1) is 24.8 Å². The fraction of sp³-hybridized carbons (Fsp3) is 0.344. The molecule has 0 bridgehead atoms. The van der Waals surface area contributed by atoms with E-state index in [1.54, 1.807) is 44.2 Å². The maximum atomic E-state index is 13.6. The van der Waals surface area contributed by atoms with Gasteiger partial charge in [-0.15, -0.1) is 10.2 Å². The molecule has 0 unspecified atom stereocenters. The Morgan fingerprint density at radius 2 is 1.73 bits per heavy atom. The van der Waals surface area contributed by atoms with Crippen LogP contribution in [0.5, 0.6) is 0 Å². The molecule has 234 valence electrons. The third-order valence-electron chi connectivity index (χ3n) is 7.80. The van der Waals surface area contributed by atoms with Crippen LogP contribution in [0.1, 0.15) is 48.8 Å². The first kappa shape index (κ1) is 31.1. The third kappa shape index (κ3) is 6.47. The minimum absolute atomic E-state index is 0.172. The van der Waals surface area contributed by atoms with Gasteiger partial charge in [0.1, 0.15) is 18.1 Å². The van der Waals surface area contributed by atoms with Crippen molar-refractivity contribution in [1.82, 2.24) is 25.1 Å². The third-order valence-corrected chi connectivity index (χ3v) is 7.80. The Labute approximate surface area is 259 Å². The summed E-state index contributed by atoms with van der Waals surface area (Å²) in [4.78, 5) is 58.5. The van der Waals surface area contributed by atoms with E-state index < -0.39 is 41.3 Å². The molecule has 0 radical (unpaired) electrons. The number of carbonyl (C=O) groups excluding carboxylic acids is 3. The minimum atomic E-state index is -1.01. The minimum Gasteiger partial charge on any atom is -0.453 e. The zero-order valence-electron chi connectivity index (χ0n) is 25.7. The number of nitrogens with zero attached hydrogens (tertiary/aromatic N) is 5. The summed E-state index contributed by atoms with van der Waals surface area (Å²) in [7, 11) is 5.10. The van der Waals surface area contributed by atoms with E-state index in [0.29, 0.717) is 11.5 Å². The second-order valence-corrected chi connectivity index (χ2v) is 11.5. The quantitative estimate of drug-likeness (QED) is 0.239. The van der Waals surface area contributed by atoms with E-state index >= 15 is 0 Å². The van der Waals surface area contributed by atoms with Crippen LogP contribution in [0.15, 0.2) is 70.0 Å². The number of methoxy groups -OCH3 is 1. The molecule has 1 saturated carbocycles. The molecule has 5 rings (SSSR count). The highest BCUT2D eigenvalue weighted by molar-refractivity contribution is 5.98. The molecule has 13 nitrogen and oxygen atoms in total. The van der Waals surface area contributed by atoms with Crippen LogP contribution in [0.3, 0.4) is 0 Å². The summed E-state index contributed by atoms with van der Waals surface area (Å²) in [5, 5.41) is 13.3. The maximum Gasteiger partial charge on any atom is 0.411 e. The Morgan fingerprint density at radius 1 is 1.04 bits per heavy atom. The summed E-state index contributed by atoms with van der Waals surface area (Å²) < 4.78 is 11.7. The van der Waals surface area contributed by atoms with Crippen molar-refractivity contribution in [1.29, 1.82) is 0 Å². The molecule has 0 spiro atoms. The number of ketones is 1. The molecule has 2 N–H and O–H groups in total. The van der Waals surface area contributed by atoms with Crippen molar-refractivity contribution in [3.63, 3.8) is 0 Å². The van der Waals surface area contributed by atoms with Crippen molar-refractivity contribution in [3.8, 4) is 11.4 Å². The molecule has 13 heteroatoms. The standard InChI is InChI=1S/C32H35N7O6/c1-19(2)25(26(41)28-36-37-30(45-28)32(15-16-32)21-11-13-22(14-12-21)38(3)4)35-24(40)18-39-27(20-9-7-6-8-10-20)33-17-23(29(39)42)34-31(43)44-5/h6-14,17,19,25H,15-16,18H2,1-5H3,(H,34,43)(H,35,40)/t25-/m0/s1. The highest BCUT2D eigenvalue weighted by atomic mass is 16.5. The second-order valence-electron chi connectivity index (χ2n) is 11.5. The maximum absolute atomic E-state index is 13.6. The summed E-state index contributed by atoms with van der Waals surface area (Å²) in [6.45, 7) is 3.07. The van der Waals surface area contributed by atoms with Gasteiger partial charge < -0.3 is 19.4 Å². The lowest BCUT2D eigenvalue weighted by atomic mass is 9.95. The van der Waals surface area contributed by atoms with Crippen molar-refractivity contribution in [2.24, 2.45) is 5.92 Å². The number of rotatable bonds is 11. The summed E-state index contributed by atoms with van der Waals surface area (Å²) >= 11 is 0. The van der Waals surface area contributed by atoms with E-state index in [-0.39, 0.29) is 23.3 Å². The molecular formula is C32H35N7O6. The van der Waals surface area contributed by atoms with Gasteiger partial charge in [0.25, 0.3) is 11.4 Å². The summed E-state index contributed by atoms with van der Waals surface area (Å²) in [5.74, 6) is -1.15. The molecule has 4 aromatic rings. The lowest BCUT2D eigenvalue weighted by molar-refractivity contribution is -0.122. The summed E-state index contributed by atoms with van der Waals surface area (Å²) in [6.07, 6.45) is 1.96. The van der Waals surface area contributed by atoms with Gasteiger partial charge in [-0.2, -0.15) is 0 Å². The normalized spacial score (nSPS) is 14.0. The number of carbonyl (C=O) groups is 3. The van der Waals surface area contributed by atoms with Gasteiger partial charge in [0.15, 0.2) is 0 Å². The number of Topliss-reactive ketones (excluding diaryl/α,β-unsaturated/α-hetero) is 1. The summed E-state index contributed by atoms with van der Waals surface area (Å²) in [6, 6.07) is 15.9. The van der Waals surface area contributed by atoms with Crippen molar-refractivity contribution < 1.29 is 23.5 Å². The number of nitrogens with one attached hydrogen (secondary N) is 2. The topological polar surface area (TPSA) is 162 Å². The average Bonchev–Trinajstić information content (AvgIpc) is 3.70. The molecule has 1 aliphatic carbocycles. The van der Waals surface area contributed by atoms with E-state index in [1.807, 2.05) is 43.3 Å². The van der Waals surface area contributed by atoms with Crippen molar-refractivity contribution in [2.45, 2.75) is 44.7 Å². The van der Waals surface area contributed by atoms with Gasteiger partial charge >= 0.3 is 6.09 Å². The number of aromatic nitrogens is 4. The molecule has 2 heterocycles. The van der Waals surface area contributed by atoms with Crippen LogP contribution in [0.4, 0.5) is 16.2 Å². The second kappa shape index (κ2) is 12.7. The number of amides is 2. The van der Waals surface area contributed by atoms with E-state index in [9.17, 15) is 19.2 Å². The van der Waals surface area contributed by atoms with Crippen LogP contribution in [0, 0.1) is 5.92 Å². The van der Waals surface area contributed by atoms with Crippen LogP contribution in [-0.4, -0.2) is 64.8 Å². The van der Waals surface area contributed by atoms with Gasteiger partial charge in [-0.05, 0) is 36.5 Å². The number of anilines is 2. The lowest BCUT2D eigenvalue weighted by Crippen LogP contribution is -2.46. The molecule has 1 atom stereocenters. The fourth-order valence-electron chi connectivity index (χ4n) is 5.08. The average molecular weight is 614 g/mol. The van der Waals surface area contributed by atoms with Crippen molar-refractivity contribution in [3.05, 3.63) is 88.5 Å². The highest BCUT2D eigenvalue weighted by Gasteiger charge is 2.51. The van der Waals surface area contributed by atoms with E-state index in [1.165, 1.54) is 6.20 Å². The van der Waals surface area contributed by atoms with Gasteiger partial charge in [0.2, 0.25) is 17.6 Å². The molecule has 2 aromatic heterocycles. The Bertz CT molecular complexity index is 1760. The van der Waals surface area contributed by atoms with Gasteiger partial charge in [0, 0.05) is 25.3 Å². The highest BCUT2D eigenvalue weighted by Crippen LogP contribution is 2.53. The van der Waals surface area contributed by atoms with Gasteiger partial charge in [-0.1, -0.05) is 56.3 Å². The van der Waals surface area contributed by atoms with Crippen LogP contribution in [-0.2, 0) is 21.5 Å². The Balaban J connectivity index is 1.37. The molecular weight excluding hydrogens is 578 g/mol. The number of benzene rings is 2. The first-order chi connectivity index (χ1) is 21.5. The molecule has 2 amide bonds. The number of ether oxygens (including phenoxy) is 1. The fourth-order valence-corrected chi connectivity index (χ4v) is 5.08. The Hall–Kier alpha value is -5.33. The first-order valence-corrected chi connectivity index (χ1v) is 14.5. The van der Waals surface area contributed by atoms with Crippen LogP contribution >= 0.6 is 0 Å². The predicted octanol–water partition coefficient (Wildman–Crippen LogP) is 3.64. The predicted molar refractivity (Wildman–Crippen MR) is 166 cm³/mol. The molecule has 0 aliphatic heterocycles.